The van der Waals surface area contributed by atoms with Crippen LogP contribution in [0.4, 0.5) is 11.4 Å². The number of ether oxygens (including phenoxy) is 3. The van der Waals surface area contributed by atoms with Gasteiger partial charge in [-0.3, -0.25) is 9.69 Å². The number of piperazine rings is 1. The van der Waals surface area contributed by atoms with Crippen LogP contribution in [0.3, 0.4) is 0 Å². The van der Waals surface area contributed by atoms with Crippen molar-refractivity contribution in [2.24, 2.45) is 0 Å². The topological polar surface area (TPSA) is 96.1 Å². The second-order valence-electron chi connectivity index (χ2n) is 8.75. The molecule has 2 N–H and O–H groups in total. The number of benzene rings is 2. The number of esters is 1. The minimum Gasteiger partial charge on any atom is -0.497 e. The van der Waals surface area contributed by atoms with Gasteiger partial charge >= 0.3 is 5.97 Å². The fourth-order valence-electron chi connectivity index (χ4n) is 4.53. The van der Waals surface area contributed by atoms with Gasteiger partial charge in [-0.05, 0) is 63.2 Å². The van der Waals surface area contributed by atoms with Crippen molar-refractivity contribution in [3.05, 3.63) is 48.2 Å². The van der Waals surface area contributed by atoms with Crippen LogP contribution in [0, 0.1) is 0 Å². The second kappa shape index (κ2) is 11.3. The molecule has 1 aromatic heterocycles. The van der Waals surface area contributed by atoms with Crippen molar-refractivity contribution in [1.29, 1.82) is 0 Å². The van der Waals surface area contributed by atoms with Crippen molar-refractivity contribution in [1.82, 2.24) is 9.88 Å². The second-order valence-corrected chi connectivity index (χ2v) is 8.75. The van der Waals surface area contributed by atoms with E-state index in [0.29, 0.717) is 23.4 Å². The molecule has 4 rings (SSSR count). The minimum absolute atomic E-state index is 0.170. The Balaban J connectivity index is 1.47. The summed E-state index contributed by atoms with van der Waals surface area (Å²) in [5.74, 6) is 0.796. The number of aromatic amines is 1. The molecular weight excluding hydrogens is 460 g/mol. The number of anilines is 2. The molecule has 1 fully saturated rings. The summed E-state index contributed by atoms with van der Waals surface area (Å²) in [7, 11) is 1.66. The summed E-state index contributed by atoms with van der Waals surface area (Å²) in [6.07, 6.45) is 0. The Morgan fingerprint density at radius 1 is 1.06 bits per heavy atom. The molecule has 2 heterocycles. The van der Waals surface area contributed by atoms with E-state index in [1.54, 1.807) is 14.0 Å². The molecule has 0 spiro atoms. The number of hydrogen-bond acceptors (Lipinski definition) is 7. The van der Waals surface area contributed by atoms with Gasteiger partial charge in [0.15, 0.2) is 0 Å². The highest BCUT2D eigenvalue weighted by molar-refractivity contribution is 6.11. The third-order valence-corrected chi connectivity index (χ3v) is 6.37. The Labute approximate surface area is 211 Å². The van der Waals surface area contributed by atoms with E-state index in [0.717, 1.165) is 36.6 Å². The number of hydrogen-bond donors (Lipinski definition) is 2. The highest BCUT2D eigenvalue weighted by Crippen LogP contribution is 2.32. The van der Waals surface area contributed by atoms with Crippen molar-refractivity contribution < 1.29 is 23.8 Å². The lowest BCUT2D eigenvalue weighted by Gasteiger charge is -2.40. The van der Waals surface area contributed by atoms with E-state index in [2.05, 4.69) is 39.2 Å². The van der Waals surface area contributed by atoms with E-state index in [1.165, 1.54) is 0 Å². The van der Waals surface area contributed by atoms with Crippen LogP contribution in [0.2, 0.25) is 0 Å². The number of aromatic nitrogens is 1. The van der Waals surface area contributed by atoms with Crippen molar-refractivity contribution in [3.8, 4) is 11.5 Å². The third-order valence-electron chi connectivity index (χ3n) is 6.37. The lowest BCUT2D eigenvalue weighted by atomic mass is 10.1. The highest BCUT2D eigenvalue weighted by atomic mass is 16.5. The summed E-state index contributed by atoms with van der Waals surface area (Å²) in [5.41, 5.74) is 2.50. The number of H-pyrrole nitrogens is 1. The quantitative estimate of drug-likeness (QED) is 0.436. The molecule has 192 valence electrons. The normalized spacial score (nSPS) is 16.1. The molecular formula is C27H34N4O5. The van der Waals surface area contributed by atoms with Gasteiger partial charge in [0.05, 0.1) is 32.6 Å². The first-order chi connectivity index (χ1) is 17.4. The third kappa shape index (κ3) is 5.57. The van der Waals surface area contributed by atoms with E-state index < -0.39 is 5.97 Å². The molecule has 0 saturated carbocycles. The lowest BCUT2D eigenvalue weighted by molar-refractivity contribution is -0.117. The number of nitrogens with zero attached hydrogens (tertiary/aromatic N) is 2. The fourth-order valence-corrected chi connectivity index (χ4v) is 4.53. The van der Waals surface area contributed by atoms with Crippen LogP contribution in [0.15, 0.2) is 42.5 Å². The Kier molecular flexibility index (Phi) is 8.00. The molecule has 9 heteroatoms. The first-order valence-corrected chi connectivity index (χ1v) is 12.3. The molecule has 1 aliphatic rings. The molecule has 1 saturated heterocycles. The zero-order valence-electron chi connectivity index (χ0n) is 21.3. The lowest BCUT2D eigenvalue weighted by Crippen LogP contribution is -2.53. The van der Waals surface area contributed by atoms with Crippen LogP contribution in [-0.4, -0.2) is 74.3 Å². The molecule has 36 heavy (non-hydrogen) atoms. The summed E-state index contributed by atoms with van der Waals surface area (Å²) < 4.78 is 16.1. The van der Waals surface area contributed by atoms with Crippen molar-refractivity contribution in [2.45, 2.75) is 26.8 Å². The number of amides is 1. The standard InChI is InChI=1S/C27H34N4O5/c1-5-35-21-11-12-23-22(15-21)25(26(28-23)27(33)36-6-2)29-24(32)17-30-13-14-31(16-18(30)3)19-7-9-20(34-4)10-8-19/h7-12,15,18,28H,5-6,13-14,16-17H2,1-4H3,(H,29,32). The van der Waals surface area contributed by atoms with Crippen LogP contribution >= 0.6 is 0 Å². The SMILES string of the molecule is CCOC(=O)c1[nH]c2ccc(OCC)cc2c1NC(=O)CN1CCN(c2ccc(OC)cc2)CC1C. The molecule has 1 aliphatic heterocycles. The maximum absolute atomic E-state index is 13.2. The van der Waals surface area contributed by atoms with Crippen molar-refractivity contribution in [2.75, 3.05) is 56.7 Å². The molecule has 9 nitrogen and oxygen atoms in total. The van der Waals surface area contributed by atoms with Crippen LogP contribution in [0.25, 0.3) is 10.9 Å². The van der Waals surface area contributed by atoms with Gasteiger partial charge in [-0.1, -0.05) is 0 Å². The molecule has 1 atom stereocenters. The summed E-state index contributed by atoms with van der Waals surface area (Å²) in [4.78, 5) is 33.3. The molecule has 1 unspecified atom stereocenters. The van der Waals surface area contributed by atoms with Gasteiger partial charge in [0.2, 0.25) is 5.91 Å². The monoisotopic (exact) mass is 494 g/mol. The first kappa shape index (κ1) is 25.4. The van der Waals surface area contributed by atoms with Gasteiger partial charge in [0, 0.05) is 42.3 Å². The molecule has 3 aromatic rings. The largest absolute Gasteiger partial charge is 0.497 e. The molecule has 1 amide bonds. The summed E-state index contributed by atoms with van der Waals surface area (Å²) in [6.45, 7) is 9.10. The Hall–Kier alpha value is -3.72. The molecule has 0 bridgehead atoms. The van der Waals surface area contributed by atoms with E-state index in [1.807, 2.05) is 37.3 Å². The van der Waals surface area contributed by atoms with Gasteiger partial charge in [-0.15, -0.1) is 0 Å². The fraction of sp³-hybridized carbons (Fsp3) is 0.407. The van der Waals surface area contributed by atoms with Crippen LogP contribution in [0.5, 0.6) is 11.5 Å². The van der Waals surface area contributed by atoms with Crippen LogP contribution < -0.4 is 19.7 Å². The van der Waals surface area contributed by atoms with Gasteiger partial charge in [0.25, 0.3) is 0 Å². The molecule has 0 aliphatic carbocycles. The zero-order chi connectivity index (χ0) is 25.7. The highest BCUT2D eigenvalue weighted by Gasteiger charge is 2.27. The Morgan fingerprint density at radius 2 is 1.81 bits per heavy atom. The average Bonchev–Trinajstić information content (AvgIpc) is 3.23. The molecule has 0 radical (unpaired) electrons. The number of carbonyl (C=O) groups is 2. The maximum Gasteiger partial charge on any atom is 0.356 e. The predicted octanol–water partition coefficient (Wildman–Crippen LogP) is 3.90. The van der Waals surface area contributed by atoms with Gasteiger partial charge < -0.3 is 29.4 Å². The summed E-state index contributed by atoms with van der Waals surface area (Å²) >= 11 is 0. The number of rotatable bonds is 9. The van der Waals surface area contributed by atoms with Gasteiger partial charge in [-0.25, -0.2) is 4.79 Å². The molecule has 2 aromatic carbocycles. The van der Waals surface area contributed by atoms with E-state index in [4.69, 9.17) is 14.2 Å². The van der Waals surface area contributed by atoms with E-state index in [-0.39, 0.29) is 30.8 Å². The van der Waals surface area contributed by atoms with E-state index >= 15 is 0 Å². The zero-order valence-corrected chi connectivity index (χ0v) is 21.3. The Bertz CT molecular complexity index is 1210. The van der Waals surface area contributed by atoms with E-state index in [9.17, 15) is 9.59 Å². The summed E-state index contributed by atoms with van der Waals surface area (Å²) in [5, 5.41) is 3.67. The van der Waals surface area contributed by atoms with Crippen LogP contribution in [0.1, 0.15) is 31.3 Å². The number of carbonyl (C=O) groups excluding carboxylic acids is 2. The number of fused-ring (bicyclic) bond motifs is 1. The predicted molar refractivity (Wildman–Crippen MR) is 140 cm³/mol. The minimum atomic E-state index is -0.511. The number of nitrogens with one attached hydrogen (secondary N) is 2. The number of methoxy groups -OCH3 is 1. The Morgan fingerprint density at radius 3 is 2.47 bits per heavy atom. The first-order valence-electron chi connectivity index (χ1n) is 12.3. The maximum atomic E-state index is 13.2. The summed E-state index contributed by atoms with van der Waals surface area (Å²) in [6, 6.07) is 13.7. The van der Waals surface area contributed by atoms with Gasteiger partial charge in [0.1, 0.15) is 17.2 Å². The van der Waals surface area contributed by atoms with Gasteiger partial charge in [-0.2, -0.15) is 0 Å². The average molecular weight is 495 g/mol. The van der Waals surface area contributed by atoms with Crippen LogP contribution in [-0.2, 0) is 9.53 Å². The van der Waals surface area contributed by atoms with Crippen molar-refractivity contribution in [3.63, 3.8) is 0 Å². The van der Waals surface area contributed by atoms with Crippen molar-refractivity contribution >= 4 is 34.2 Å². The smallest absolute Gasteiger partial charge is 0.356 e.